The van der Waals surface area contributed by atoms with E-state index in [9.17, 15) is 4.79 Å². The molecule has 7 heteroatoms. The maximum Gasteiger partial charge on any atom is 0.412 e. The van der Waals surface area contributed by atoms with Crippen LogP contribution in [0.25, 0.3) is 0 Å². The van der Waals surface area contributed by atoms with E-state index < -0.39 is 6.09 Å². The van der Waals surface area contributed by atoms with E-state index in [0.29, 0.717) is 25.1 Å². The Kier molecular flexibility index (Phi) is 5.99. The van der Waals surface area contributed by atoms with Gasteiger partial charge >= 0.3 is 6.09 Å². The molecule has 0 radical (unpaired) electrons. The first-order valence-electron chi connectivity index (χ1n) is 9.22. The van der Waals surface area contributed by atoms with Gasteiger partial charge in [0.05, 0.1) is 31.8 Å². The number of hydrogen-bond donors (Lipinski definition) is 1. The number of rotatable bonds is 6. The molecule has 1 aromatic heterocycles. The Labute approximate surface area is 164 Å². The highest BCUT2D eigenvalue weighted by Crippen LogP contribution is 2.34. The minimum atomic E-state index is -0.487. The average Bonchev–Trinajstić information content (AvgIpc) is 3.24. The number of anilines is 1. The van der Waals surface area contributed by atoms with E-state index in [1.807, 2.05) is 24.6 Å². The molecule has 1 N–H and O–H groups in total. The van der Waals surface area contributed by atoms with E-state index >= 15 is 0 Å². The Morgan fingerprint density at radius 2 is 2.07 bits per heavy atom. The number of aromatic nitrogens is 2. The molecule has 2 aromatic rings. The standard InChI is InChI=1S/C21H24N4O3/c1-14-20(15(2)25(24-14)12-4-11-22)16-5-8-19(13-16)28-21(26)23-17-6-9-18(27-3)10-7-17/h5-10,16,19H,4,12-13H2,1-3H3,(H,23,26)/t16-,19+/m0/s1. The molecule has 0 fully saturated rings. The minimum absolute atomic E-state index is 0.148. The zero-order valence-electron chi connectivity index (χ0n) is 16.3. The van der Waals surface area contributed by atoms with Crippen LogP contribution >= 0.6 is 0 Å². The largest absolute Gasteiger partial charge is 0.497 e. The molecule has 1 aliphatic rings. The van der Waals surface area contributed by atoms with Crippen LogP contribution in [0, 0.1) is 25.2 Å². The fourth-order valence-corrected chi connectivity index (χ4v) is 3.55. The van der Waals surface area contributed by atoms with Crippen molar-refractivity contribution in [1.29, 1.82) is 5.26 Å². The highest BCUT2D eigenvalue weighted by Gasteiger charge is 2.27. The van der Waals surface area contributed by atoms with Gasteiger partial charge in [-0.15, -0.1) is 0 Å². The summed E-state index contributed by atoms with van der Waals surface area (Å²) in [5.74, 6) is 0.871. The second-order valence-electron chi connectivity index (χ2n) is 6.74. The van der Waals surface area contributed by atoms with Crippen LogP contribution in [0.5, 0.6) is 5.75 Å². The lowest BCUT2D eigenvalue weighted by Crippen LogP contribution is -2.20. The predicted molar refractivity (Wildman–Crippen MR) is 105 cm³/mol. The van der Waals surface area contributed by atoms with E-state index in [-0.39, 0.29) is 12.0 Å². The second kappa shape index (κ2) is 8.61. The number of carbonyl (C=O) groups excluding carboxylic acids is 1. The summed E-state index contributed by atoms with van der Waals surface area (Å²) in [7, 11) is 1.59. The lowest BCUT2D eigenvalue weighted by Gasteiger charge is -2.15. The molecule has 3 rings (SSSR count). The van der Waals surface area contributed by atoms with Crippen molar-refractivity contribution in [3.63, 3.8) is 0 Å². The van der Waals surface area contributed by atoms with Crippen LogP contribution in [0.1, 0.15) is 35.7 Å². The van der Waals surface area contributed by atoms with Gasteiger partial charge in [-0.1, -0.05) is 6.08 Å². The van der Waals surface area contributed by atoms with Crippen molar-refractivity contribution in [2.24, 2.45) is 0 Å². The number of nitrogens with zero attached hydrogens (tertiary/aromatic N) is 3. The van der Waals surface area contributed by atoms with E-state index in [0.717, 1.165) is 22.7 Å². The molecule has 1 aliphatic carbocycles. The van der Waals surface area contributed by atoms with Crippen LogP contribution in [0.15, 0.2) is 36.4 Å². The summed E-state index contributed by atoms with van der Waals surface area (Å²) >= 11 is 0. The summed E-state index contributed by atoms with van der Waals surface area (Å²) in [5.41, 5.74) is 3.81. The Morgan fingerprint density at radius 3 is 2.75 bits per heavy atom. The highest BCUT2D eigenvalue weighted by molar-refractivity contribution is 5.84. The smallest absolute Gasteiger partial charge is 0.412 e. The van der Waals surface area contributed by atoms with Gasteiger partial charge in [0.25, 0.3) is 0 Å². The molecule has 146 valence electrons. The molecule has 0 saturated heterocycles. The third-order valence-electron chi connectivity index (χ3n) is 4.88. The van der Waals surface area contributed by atoms with Crippen LogP contribution < -0.4 is 10.1 Å². The zero-order chi connectivity index (χ0) is 20.1. The summed E-state index contributed by atoms with van der Waals surface area (Å²) in [6, 6.07) is 9.22. The number of nitrogens with one attached hydrogen (secondary N) is 1. The van der Waals surface area contributed by atoms with Gasteiger partial charge < -0.3 is 9.47 Å². The molecule has 0 saturated carbocycles. The van der Waals surface area contributed by atoms with Crippen LogP contribution in [0.2, 0.25) is 0 Å². The van der Waals surface area contributed by atoms with Gasteiger partial charge in [-0.2, -0.15) is 10.4 Å². The van der Waals surface area contributed by atoms with Crippen LogP contribution in [-0.2, 0) is 11.3 Å². The Bertz CT molecular complexity index is 909. The fourth-order valence-electron chi connectivity index (χ4n) is 3.55. The highest BCUT2D eigenvalue weighted by atomic mass is 16.6. The van der Waals surface area contributed by atoms with Gasteiger partial charge in [0.2, 0.25) is 0 Å². The Morgan fingerprint density at radius 1 is 1.32 bits per heavy atom. The normalized spacial score (nSPS) is 17.9. The lowest BCUT2D eigenvalue weighted by atomic mass is 9.96. The zero-order valence-corrected chi connectivity index (χ0v) is 16.3. The third-order valence-corrected chi connectivity index (χ3v) is 4.88. The summed E-state index contributed by atoms with van der Waals surface area (Å²) in [6.07, 6.45) is 4.32. The molecule has 2 atom stereocenters. The first-order chi connectivity index (χ1) is 13.5. The number of carbonyl (C=O) groups is 1. The molecule has 7 nitrogen and oxygen atoms in total. The van der Waals surface area contributed by atoms with E-state index in [2.05, 4.69) is 22.6 Å². The summed E-state index contributed by atoms with van der Waals surface area (Å²) in [5, 5.41) is 16.1. The molecule has 1 heterocycles. The summed E-state index contributed by atoms with van der Waals surface area (Å²) in [6.45, 7) is 4.58. The topological polar surface area (TPSA) is 89.2 Å². The number of hydrogen-bond acceptors (Lipinski definition) is 5. The predicted octanol–water partition coefficient (Wildman–Crippen LogP) is 4.08. The third kappa shape index (κ3) is 4.34. The minimum Gasteiger partial charge on any atom is -0.497 e. The van der Waals surface area contributed by atoms with E-state index in [4.69, 9.17) is 14.7 Å². The van der Waals surface area contributed by atoms with Gasteiger partial charge in [0.1, 0.15) is 11.9 Å². The van der Waals surface area contributed by atoms with E-state index in [1.165, 1.54) is 0 Å². The van der Waals surface area contributed by atoms with Gasteiger partial charge in [-0.3, -0.25) is 10.00 Å². The molecule has 0 bridgehead atoms. The van der Waals surface area contributed by atoms with Crippen molar-refractivity contribution in [3.05, 3.63) is 53.4 Å². The average molecular weight is 380 g/mol. The Balaban J connectivity index is 1.58. The van der Waals surface area contributed by atoms with Gasteiger partial charge in [0.15, 0.2) is 0 Å². The molecule has 28 heavy (non-hydrogen) atoms. The number of methoxy groups -OCH3 is 1. The number of ether oxygens (including phenoxy) is 2. The lowest BCUT2D eigenvalue weighted by molar-refractivity contribution is 0.132. The number of nitriles is 1. The van der Waals surface area contributed by atoms with E-state index in [1.54, 1.807) is 31.4 Å². The van der Waals surface area contributed by atoms with Crippen molar-refractivity contribution in [2.45, 2.75) is 45.3 Å². The molecule has 0 unspecified atom stereocenters. The maximum absolute atomic E-state index is 12.2. The van der Waals surface area contributed by atoms with Crippen molar-refractivity contribution in [1.82, 2.24) is 9.78 Å². The quantitative estimate of drug-likeness (QED) is 0.763. The summed E-state index contributed by atoms with van der Waals surface area (Å²) in [4.78, 5) is 12.2. The van der Waals surface area contributed by atoms with Gasteiger partial charge in [0, 0.05) is 22.9 Å². The van der Waals surface area contributed by atoms with Crippen molar-refractivity contribution < 1.29 is 14.3 Å². The van der Waals surface area contributed by atoms with Crippen LogP contribution in [-0.4, -0.2) is 29.1 Å². The van der Waals surface area contributed by atoms with Gasteiger partial charge in [-0.05, 0) is 50.6 Å². The molecular formula is C21H24N4O3. The van der Waals surface area contributed by atoms with Crippen LogP contribution in [0.3, 0.4) is 0 Å². The first kappa shape index (κ1) is 19.5. The number of aryl methyl sites for hydroxylation is 2. The second-order valence-corrected chi connectivity index (χ2v) is 6.74. The number of amides is 1. The van der Waals surface area contributed by atoms with Crippen molar-refractivity contribution >= 4 is 11.8 Å². The first-order valence-corrected chi connectivity index (χ1v) is 9.22. The summed E-state index contributed by atoms with van der Waals surface area (Å²) < 4.78 is 12.5. The van der Waals surface area contributed by atoms with Crippen molar-refractivity contribution in [2.75, 3.05) is 12.4 Å². The number of allylic oxidation sites excluding steroid dienone is 1. The Hall–Kier alpha value is -3.27. The molecule has 0 aliphatic heterocycles. The van der Waals surface area contributed by atoms with Crippen molar-refractivity contribution in [3.8, 4) is 11.8 Å². The van der Waals surface area contributed by atoms with Crippen LogP contribution in [0.4, 0.5) is 10.5 Å². The fraction of sp³-hybridized carbons (Fsp3) is 0.381. The molecule has 0 spiro atoms. The number of benzene rings is 1. The molecule has 1 amide bonds. The van der Waals surface area contributed by atoms with Gasteiger partial charge in [-0.25, -0.2) is 4.79 Å². The molecular weight excluding hydrogens is 356 g/mol. The maximum atomic E-state index is 12.2. The molecule has 1 aromatic carbocycles. The monoisotopic (exact) mass is 380 g/mol. The SMILES string of the molecule is COc1ccc(NC(=O)O[C@@H]2C=C[C@H](c3c(C)nn(CCC#N)c3C)C2)cc1.